The van der Waals surface area contributed by atoms with E-state index < -0.39 is 0 Å². The van der Waals surface area contributed by atoms with Crippen LogP contribution in [0.4, 0.5) is 0 Å². The fourth-order valence-electron chi connectivity index (χ4n) is 0.313. The van der Waals surface area contributed by atoms with Crippen molar-refractivity contribution in [2.75, 3.05) is 0 Å². The van der Waals surface area contributed by atoms with E-state index in [1.54, 1.807) is 12.4 Å². The lowest BCUT2D eigenvalue weighted by molar-refractivity contribution is 1.33. The largest absolute Gasteiger partial charge is 0.265 e. The first-order chi connectivity index (χ1) is 6.91. The molecule has 1 aromatic rings. The van der Waals surface area contributed by atoms with Crippen molar-refractivity contribution in [1.29, 1.82) is 0 Å². The van der Waals surface area contributed by atoms with Crippen LogP contribution in [0.5, 0.6) is 0 Å². The van der Waals surface area contributed by atoms with Gasteiger partial charge in [0, 0.05) is 12.4 Å². The maximum absolute atomic E-state index is 3.78. The molecule has 0 N–H and O–H groups in total. The van der Waals surface area contributed by atoms with Crippen LogP contribution in [0, 0.1) is 0 Å². The lowest BCUT2D eigenvalue weighted by Crippen LogP contribution is -1.58. The van der Waals surface area contributed by atoms with E-state index in [1.165, 1.54) is 0 Å². The molecule has 0 aliphatic heterocycles. The van der Waals surface area contributed by atoms with Gasteiger partial charge in [-0.2, -0.15) is 0 Å². The summed E-state index contributed by atoms with van der Waals surface area (Å²) < 4.78 is 0. The summed E-state index contributed by atoms with van der Waals surface area (Å²) in [6, 6.07) is 5.72. The number of hydrogen-bond donors (Lipinski definition) is 0. The summed E-state index contributed by atoms with van der Waals surface area (Å²) in [6.07, 6.45) is 7.50. The highest BCUT2D eigenvalue weighted by atomic mass is 14.6. The Kier molecular flexibility index (Phi) is 39.5. The molecule has 0 saturated carbocycles. The molecule has 0 aliphatic carbocycles. The SMILES string of the molecule is C/C=C/C.CC.CC.c1ccncc1. The summed E-state index contributed by atoms with van der Waals surface area (Å²) >= 11 is 0. The maximum Gasteiger partial charge on any atom is 0.0267 e. The second-order valence-electron chi connectivity index (χ2n) is 1.69. The van der Waals surface area contributed by atoms with Crippen molar-refractivity contribution in [3.8, 4) is 0 Å². The van der Waals surface area contributed by atoms with Crippen LogP contribution in [0.25, 0.3) is 0 Å². The summed E-state index contributed by atoms with van der Waals surface area (Å²) in [5.74, 6) is 0. The summed E-state index contributed by atoms with van der Waals surface area (Å²) in [5.41, 5.74) is 0. The molecule has 0 saturated heterocycles. The van der Waals surface area contributed by atoms with E-state index in [1.807, 2.05) is 71.9 Å². The normalized spacial score (nSPS) is 7.00. The lowest BCUT2D eigenvalue weighted by Gasteiger charge is -1.70. The molecule has 1 nitrogen and oxygen atoms in total. The van der Waals surface area contributed by atoms with Crippen molar-refractivity contribution in [3.63, 3.8) is 0 Å². The van der Waals surface area contributed by atoms with Gasteiger partial charge in [0.05, 0.1) is 0 Å². The van der Waals surface area contributed by atoms with Crippen LogP contribution in [-0.2, 0) is 0 Å². The lowest BCUT2D eigenvalue weighted by atomic mass is 10.5. The maximum atomic E-state index is 3.78. The molecule has 1 aromatic heterocycles. The molecule has 0 radical (unpaired) electrons. The van der Waals surface area contributed by atoms with Gasteiger partial charge in [-0.15, -0.1) is 0 Å². The number of rotatable bonds is 0. The van der Waals surface area contributed by atoms with Crippen LogP contribution in [0.3, 0.4) is 0 Å². The van der Waals surface area contributed by atoms with E-state index in [0.717, 1.165) is 0 Å². The van der Waals surface area contributed by atoms with Gasteiger partial charge in [0.15, 0.2) is 0 Å². The van der Waals surface area contributed by atoms with E-state index in [4.69, 9.17) is 0 Å². The van der Waals surface area contributed by atoms with Crippen LogP contribution in [-0.4, -0.2) is 4.98 Å². The number of aromatic nitrogens is 1. The zero-order chi connectivity index (χ0) is 11.7. The van der Waals surface area contributed by atoms with Crippen LogP contribution >= 0.6 is 0 Å². The quantitative estimate of drug-likeness (QED) is 0.546. The zero-order valence-corrected chi connectivity index (χ0v) is 10.5. The first-order valence-corrected chi connectivity index (χ1v) is 5.34. The Morgan fingerprint density at radius 1 is 0.714 bits per heavy atom. The fraction of sp³-hybridized carbons (Fsp3) is 0.462. The molecular weight excluding hydrogens is 170 g/mol. The van der Waals surface area contributed by atoms with Gasteiger partial charge in [0.1, 0.15) is 0 Å². The first kappa shape index (κ1) is 18.6. The van der Waals surface area contributed by atoms with Crippen molar-refractivity contribution < 1.29 is 0 Å². The summed E-state index contributed by atoms with van der Waals surface area (Å²) in [5, 5.41) is 0. The van der Waals surface area contributed by atoms with E-state index in [0.29, 0.717) is 0 Å². The van der Waals surface area contributed by atoms with E-state index in [-0.39, 0.29) is 0 Å². The third kappa shape index (κ3) is 30.7. The molecular formula is C13H25N. The number of hydrogen-bond acceptors (Lipinski definition) is 1. The van der Waals surface area contributed by atoms with Crippen molar-refractivity contribution >= 4 is 0 Å². The molecule has 1 rings (SSSR count). The summed E-state index contributed by atoms with van der Waals surface area (Å²) in [6.45, 7) is 12.0. The second kappa shape index (κ2) is 29.7. The molecule has 0 bridgehead atoms. The van der Waals surface area contributed by atoms with Crippen molar-refractivity contribution in [2.24, 2.45) is 0 Å². The summed E-state index contributed by atoms with van der Waals surface area (Å²) in [7, 11) is 0. The average molecular weight is 195 g/mol. The third-order valence-electron chi connectivity index (χ3n) is 0.900. The predicted molar refractivity (Wildman–Crippen MR) is 67.4 cm³/mol. The number of allylic oxidation sites excluding steroid dienone is 2. The zero-order valence-electron chi connectivity index (χ0n) is 10.5. The van der Waals surface area contributed by atoms with Crippen LogP contribution in [0.1, 0.15) is 41.5 Å². The minimum atomic E-state index is 1.75. The smallest absolute Gasteiger partial charge is 0.0267 e. The van der Waals surface area contributed by atoms with Crippen molar-refractivity contribution in [3.05, 3.63) is 42.7 Å². The third-order valence-corrected chi connectivity index (χ3v) is 0.900. The molecule has 0 amide bonds. The first-order valence-electron chi connectivity index (χ1n) is 5.34. The average Bonchev–Trinajstić information content (AvgIpc) is 2.36. The molecule has 82 valence electrons. The Morgan fingerprint density at radius 2 is 1.07 bits per heavy atom. The molecule has 0 unspecified atom stereocenters. The van der Waals surface area contributed by atoms with Gasteiger partial charge in [0.2, 0.25) is 0 Å². The molecule has 0 atom stereocenters. The number of nitrogens with zero attached hydrogens (tertiary/aromatic N) is 1. The van der Waals surface area contributed by atoms with Gasteiger partial charge in [-0.05, 0) is 26.0 Å². The van der Waals surface area contributed by atoms with Crippen LogP contribution in [0.15, 0.2) is 42.7 Å². The molecule has 1 heterocycles. The minimum absolute atomic E-state index is 1.75. The van der Waals surface area contributed by atoms with E-state index >= 15 is 0 Å². The second-order valence-corrected chi connectivity index (χ2v) is 1.69. The Balaban J connectivity index is -0.000000134. The van der Waals surface area contributed by atoms with Crippen molar-refractivity contribution in [2.45, 2.75) is 41.5 Å². The molecule has 0 aromatic carbocycles. The molecule has 14 heavy (non-hydrogen) atoms. The predicted octanol–water partition coefficient (Wildman–Crippen LogP) is 4.72. The van der Waals surface area contributed by atoms with Gasteiger partial charge < -0.3 is 0 Å². The minimum Gasteiger partial charge on any atom is -0.265 e. The number of pyridine rings is 1. The van der Waals surface area contributed by atoms with Gasteiger partial charge in [-0.3, -0.25) is 4.98 Å². The highest BCUT2D eigenvalue weighted by Gasteiger charge is 1.58. The van der Waals surface area contributed by atoms with Crippen LogP contribution in [0.2, 0.25) is 0 Å². The topological polar surface area (TPSA) is 12.9 Å². The monoisotopic (exact) mass is 195 g/mol. The summed E-state index contributed by atoms with van der Waals surface area (Å²) in [4.78, 5) is 3.78. The van der Waals surface area contributed by atoms with E-state index in [2.05, 4.69) is 4.98 Å². The van der Waals surface area contributed by atoms with Gasteiger partial charge in [0.25, 0.3) is 0 Å². The molecule has 0 spiro atoms. The Hall–Kier alpha value is -1.11. The Labute approximate surface area is 89.9 Å². The van der Waals surface area contributed by atoms with Gasteiger partial charge >= 0.3 is 0 Å². The van der Waals surface area contributed by atoms with E-state index in [9.17, 15) is 0 Å². The molecule has 0 fully saturated rings. The van der Waals surface area contributed by atoms with Gasteiger partial charge in [-0.25, -0.2) is 0 Å². The molecule has 1 heteroatoms. The Morgan fingerprint density at radius 3 is 1.14 bits per heavy atom. The molecule has 0 aliphatic rings. The Bertz CT molecular complexity index is 125. The highest BCUT2D eigenvalue weighted by Crippen LogP contribution is 1.73. The van der Waals surface area contributed by atoms with Crippen molar-refractivity contribution in [1.82, 2.24) is 4.98 Å². The van der Waals surface area contributed by atoms with Gasteiger partial charge in [-0.1, -0.05) is 45.9 Å². The standard InChI is InChI=1S/C5H5N.C4H8.2C2H6/c1-2-4-6-5-3-1;1-3-4-2;2*1-2/h1-5H;3-4H,1-2H3;2*1-2H3/b;4-3+;;. The van der Waals surface area contributed by atoms with Crippen LogP contribution < -0.4 is 0 Å². The highest BCUT2D eigenvalue weighted by molar-refractivity contribution is 4.88. The fourth-order valence-corrected chi connectivity index (χ4v) is 0.313.